The van der Waals surface area contributed by atoms with E-state index >= 15 is 0 Å². The summed E-state index contributed by atoms with van der Waals surface area (Å²) < 4.78 is 13.1. The number of phenols is 1. The topological polar surface area (TPSA) is 48.4 Å². The second-order valence-electron chi connectivity index (χ2n) is 4.70. The minimum Gasteiger partial charge on any atom is -0.508 e. The Balaban J connectivity index is 2.02. The van der Waals surface area contributed by atoms with Crippen LogP contribution < -0.4 is 10.2 Å². The molecule has 4 nitrogen and oxygen atoms in total. The number of phenolic OH excluding ortho intramolecular Hbond substituents is 1. The van der Waals surface area contributed by atoms with E-state index in [0.29, 0.717) is 12.1 Å². The third kappa shape index (κ3) is 3.84. The molecule has 5 heteroatoms. The van der Waals surface area contributed by atoms with Crippen molar-refractivity contribution in [1.29, 1.82) is 0 Å². The number of hydrogen-bond acceptors (Lipinski definition) is 4. The normalized spacial score (nSPS) is 10.4. The molecule has 0 bridgehead atoms. The van der Waals surface area contributed by atoms with Gasteiger partial charge in [-0.15, -0.1) is 0 Å². The average Bonchev–Trinajstić information content (AvgIpc) is 2.51. The van der Waals surface area contributed by atoms with E-state index in [2.05, 4.69) is 29.0 Å². The van der Waals surface area contributed by atoms with Gasteiger partial charge in [0.2, 0.25) is 0 Å². The molecule has 0 spiro atoms. The van der Waals surface area contributed by atoms with Crippen LogP contribution in [0.4, 0.5) is 15.9 Å². The summed E-state index contributed by atoms with van der Waals surface area (Å²) in [4.78, 5) is 6.55. The molecule has 2 N–H and O–H groups in total. The standard InChI is InChI=1S/C16H20FN3O/c1-3-20(4-2)16-8-6-14(11-19-16)18-10-12-9-13(17)5-7-15(12)21/h5-9,11,18,21H,3-4,10H2,1-2H3. The van der Waals surface area contributed by atoms with Crippen molar-refractivity contribution in [1.82, 2.24) is 4.98 Å². The average molecular weight is 289 g/mol. The number of hydrogen-bond donors (Lipinski definition) is 2. The van der Waals surface area contributed by atoms with Gasteiger partial charge < -0.3 is 15.3 Å². The number of nitrogens with one attached hydrogen (secondary N) is 1. The minimum absolute atomic E-state index is 0.0802. The van der Waals surface area contributed by atoms with Crippen LogP contribution in [0.25, 0.3) is 0 Å². The smallest absolute Gasteiger partial charge is 0.128 e. The quantitative estimate of drug-likeness (QED) is 0.856. The summed E-state index contributed by atoms with van der Waals surface area (Å²) in [7, 11) is 0. The first-order valence-corrected chi connectivity index (χ1v) is 7.06. The highest BCUT2D eigenvalue weighted by Crippen LogP contribution is 2.20. The number of rotatable bonds is 6. The maximum absolute atomic E-state index is 13.1. The molecule has 112 valence electrons. The highest BCUT2D eigenvalue weighted by molar-refractivity contribution is 5.49. The molecular formula is C16H20FN3O. The van der Waals surface area contributed by atoms with Crippen LogP contribution in [0.15, 0.2) is 36.5 Å². The lowest BCUT2D eigenvalue weighted by Crippen LogP contribution is -2.22. The number of aromatic nitrogens is 1. The molecule has 0 amide bonds. The van der Waals surface area contributed by atoms with Crippen LogP contribution in [0.5, 0.6) is 5.75 Å². The van der Waals surface area contributed by atoms with Gasteiger partial charge in [-0.2, -0.15) is 0 Å². The summed E-state index contributed by atoms with van der Waals surface area (Å²) in [6, 6.07) is 7.78. The summed E-state index contributed by atoms with van der Waals surface area (Å²) in [5, 5.41) is 12.8. The Morgan fingerprint density at radius 2 is 1.95 bits per heavy atom. The van der Waals surface area contributed by atoms with Crippen LogP contribution in [-0.2, 0) is 6.54 Å². The third-order valence-electron chi connectivity index (χ3n) is 3.36. The van der Waals surface area contributed by atoms with Gasteiger partial charge in [0.05, 0.1) is 11.9 Å². The van der Waals surface area contributed by atoms with Gasteiger partial charge in [0.25, 0.3) is 0 Å². The van der Waals surface area contributed by atoms with Crippen LogP contribution >= 0.6 is 0 Å². The van der Waals surface area contributed by atoms with Gasteiger partial charge in [0.15, 0.2) is 0 Å². The molecule has 0 fully saturated rings. The Kier molecular flexibility index (Phi) is 4.98. The maximum atomic E-state index is 13.1. The van der Waals surface area contributed by atoms with Crippen LogP contribution in [0, 0.1) is 5.82 Å². The van der Waals surface area contributed by atoms with E-state index in [4.69, 9.17) is 0 Å². The molecule has 1 aromatic carbocycles. The molecule has 2 rings (SSSR count). The lowest BCUT2D eigenvalue weighted by molar-refractivity contribution is 0.466. The number of pyridine rings is 1. The van der Waals surface area contributed by atoms with Crippen LogP contribution in [0.3, 0.4) is 0 Å². The number of aromatic hydroxyl groups is 1. The van der Waals surface area contributed by atoms with E-state index in [-0.39, 0.29) is 11.6 Å². The zero-order valence-electron chi connectivity index (χ0n) is 12.3. The summed E-state index contributed by atoms with van der Waals surface area (Å²) in [6.45, 7) is 6.34. The zero-order valence-corrected chi connectivity index (χ0v) is 12.3. The molecule has 1 aromatic heterocycles. The van der Waals surface area contributed by atoms with Crippen LogP contribution in [0.2, 0.25) is 0 Å². The number of anilines is 2. The van der Waals surface area contributed by atoms with Crippen molar-refractivity contribution < 1.29 is 9.50 Å². The third-order valence-corrected chi connectivity index (χ3v) is 3.36. The predicted octanol–water partition coefficient (Wildman–Crippen LogP) is 3.38. The lowest BCUT2D eigenvalue weighted by atomic mass is 10.2. The second kappa shape index (κ2) is 6.92. The molecule has 0 saturated carbocycles. The Labute approximate surface area is 124 Å². The van der Waals surface area contributed by atoms with Crippen molar-refractivity contribution in [3.63, 3.8) is 0 Å². The molecule has 0 aliphatic heterocycles. The first-order valence-electron chi connectivity index (χ1n) is 7.06. The van der Waals surface area contributed by atoms with Gasteiger partial charge in [-0.05, 0) is 44.2 Å². The molecule has 0 aliphatic rings. The van der Waals surface area contributed by atoms with E-state index in [1.54, 1.807) is 6.20 Å². The van der Waals surface area contributed by atoms with Gasteiger partial charge in [0.1, 0.15) is 17.4 Å². The molecule has 21 heavy (non-hydrogen) atoms. The van der Waals surface area contributed by atoms with E-state index < -0.39 is 0 Å². The van der Waals surface area contributed by atoms with E-state index in [1.165, 1.54) is 18.2 Å². The van der Waals surface area contributed by atoms with Crippen molar-refractivity contribution >= 4 is 11.5 Å². The maximum Gasteiger partial charge on any atom is 0.128 e. The summed E-state index contributed by atoms with van der Waals surface area (Å²) >= 11 is 0. The zero-order chi connectivity index (χ0) is 15.2. The fourth-order valence-electron chi connectivity index (χ4n) is 2.12. The molecule has 0 aliphatic carbocycles. The number of nitrogens with zero attached hydrogens (tertiary/aromatic N) is 2. The number of benzene rings is 1. The largest absolute Gasteiger partial charge is 0.508 e. The van der Waals surface area contributed by atoms with Gasteiger partial charge in [0, 0.05) is 25.2 Å². The van der Waals surface area contributed by atoms with Crippen molar-refractivity contribution in [2.45, 2.75) is 20.4 Å². The lowest BCUT2D eigenvalue weighted by Gasteiger charge is -2.19. The highest BCUT2D eigenvalue weighted by Gasteiger charge is 2.05. The highest BCUT2D eigenvalue weighted by atomic mass is 19.1. The Morgan fingerprint density at radius 1 is 1.19 bits per heavy atom. The summed E-state index contributed by atoms with van der Waals surface area (Å²) in [5.41, 5.74) is 1.34. The SMILES string of the molecule is CCN(CC)c1ccc(NCc2cc(F)ccc2O)cn1. The Bertz CT molecular complexity index is 583. The van der Waals surface area contributed by atoms with E-state index in [0.717, 1.165) is 24.6 Å². The molecular weight excluding hydrogens is 269 g/mol. The van der Waals surface area contributed by atoms with E-state index in [9.17, 15) is 9.50 Å². The molecule has 0 radical (unpaired) electrons. The fraction of sp³-hybridized carbons (Fsp3) is 0.312. The Hall–Kier alpha value is -2.30. The van der Waals surface area contributed by atoms with Gasteiger partial charge >= 0.3 is 0 Å². The minimum atomic E-state index is -0.361. The molecule has 2 aromatic rings. The fourth-order valence-corrected chi connectivity index (χ4v) is 2.12. The van der Waals surface area contributed by atoms with Gasteiger partial charge in [-0.3, -0.25) is 0 Å². The summed E-state index contributed by atoms with van der Waals surface area (Å²) in [5.74, 6) is 0.648. The van der Waals surface area contributed by atoms with Crippen LogP contribution in [-0.4, -0.2) is 23.2 Å². The monoisotopic (exact) mass is 289 g/mol. The molecule has 0 saturated heterocycles. The van der Waals surface area contributed by atoms with Crippen molar-refractivity contribution in [2.75, 3.05) is 23.3 Å². The number of halogens is 1. The van der Waals surface area contributed by atoms with Crippen molar-refractivity contribution in [3.05, 3.63) is 47.9 Å². The molecule has 1 heterocycles. The first kappa shape index (κ1) is 15.1. The predicted molar refractivity (Wildman–Crippen MR) is 83.2 cm³/mol. The van der Waals surface area contributed by atoms with Crippen molar-refractivity contribution in [2.24, 2.45) is 0 Å². The molecule has 0 unspecified atom stereocenters. The summed E-state index contributed by atoms with van der Waals surface area (Å²) in [6.07, 6.45) is 1.74. The van der Waals surface area contributed by atoms with Gasteiger partial charge in [-0.25, -0.2) is 9.37 Å². The van der Waals surface area contributed by atoms with Crippen LogP contribution in [0.1, 0.15) is 19.4 Å². The first-order chi connectivity index (χ1) is 10.1. The Morgan fingerprint density at radius 3 is 2.57 bits per heavy atom. The second-order valence-corrected chi connectivity index (χ2v) is 4.70. The van der Waals surface area contributed by atoms with E-state index in [1.807, 2.05) is 12.1 Å². The van der Waals surface area contributed by atoms with Crippen molar-refractivity contribution in [3.8, 4) is 5.75 Å². The molecule has 0 atom stereocenters. The van der Waals surface area contributed by atoms with Gasteiger partial charge in [-0.1, -0.05) is 0 Å².